The van der Waals surface area contributed by atoms with E-state index in [2.05, 4.69) is 0 Å². The van der Waals surface area contributed by atoms with Gasteiger partial charge in [0.25, 0.3) is 5.91 Å². The zero-order chi connectivity index (χ0) is 19.9. The van der Waals surface area contributed by atoms with Crippen molar-refractivity contribution in [3.63, 3.8) is 0 Å². The molecule has 0 saturated heterocycles. The number of carbonyl (C=O) groups excluding carboxylic acids is 1. The van der Waals surface area contributed by atoms with Crippen molar-refractivity contribution in [2.24, 2.45) is 0 Å². The third-order valence-corrected chi connectivity index (χ3v) is 6.36. The predicted molar refractivity (Wildman–Crippen MR) is 104 cm³/mol. The van der Waals surface area contributed by atoms with E-state index in [1.165, 1.54) is 22.7 Å². The molecule has 3 rings (SSSR count). The van der Waals surface area contributed by atoms with Crippen LogP contribution in [-0.2, 0) is 16.4 Å². The summed E-state index contributed by atoms with van der Waals surface area (Å²) in [4.78, 5) is 14.5. The summed E-state index contributed by atoms with van der Waals surface area (Å²) in [5.41, 5.74) is 2.83. The quantitative estimate of drug-likeness (QED) is 0.804. The zero-order valence-electron chi connectivity index (χ0n) is 15.8. The van der Waals surface area contributed by atoms with Crippen LogP contribution in [0.2, 0.25) is 0 Å². The Morgan fingerprint density at radius 3 is 2.44 bits per heavy atom. The number of hydrogen-bond acceptors (Lipinski definition) is 3. The van der Waals surface area contributed by atoms with Gasteiger partial charge in [0.15, 0.2) is 0 Å². The molecule has 0 fully saturated rings. The molecule has 144 valence electrons. The number of anilines is 1. The van der Waals surface area contributed by atoms with E-state index in [4.69, 9.17) is 0 Å². The van der Waals surface area contributed by atoms with Gasteiger partial charge in [0.1, 0.15) is 5.82 Å². The summed E-state index contributed by atoms with van der Waals surface area (Å²) in [6.07, 6.45) is 1.76. The molecule has 0 bridgehead atoms. The molecule has 0 N–H and O–H groups in total. The topological polar surface area (TPSA) is 57.7 Å². The Morgan fingerprint density at radius 2 is 1.85 bits per heavy atom. The molecule has 2 unspecified atom stereocenters. The van der Waals surface area contributed by atoms with Gasteiger partial charge in [-0.3, -0.25) is 9.10 Å². The molecule has 0 aromatic heterocycles. The predicted octanol–water partition coefficient (Wildman–Crippen LogP) is 3.37. The smallest absolute Gasteiger partial charge is 0.254 e. The Bertz CT molecular complexity index is 973. The maximum absolute atomic E-state index is 13.1. The van der Waals surface area contributed by atoms with E-state index in [9.17, 15) is 17.6 Å². The number of fused-ring (bicyclic) bond motifs is 1. The van der Waals surface area contributed by atoms with E-state index in [0.717, 1.165) is 11.1 Å². The van der Waals surface area contributed by atoms with Crippen molar-refractivity contribution < 1.29 is 17.6 Å². The van der Waals surface area contributed by atoms with E-state index in [-0.39, 0.29) is 23.8 Å². The maximum atomic E-state index is 13.1. The van der Waals surface area contributed by atoms with Crippen LogP contribution in [0.1, 0.15) is 41.4 Å². The molecule has 5 nitrogen and oxygen atoms in total. The van der Waals surface area contributed by atoms with Crippen LogP contribution in [-0.4, -0.2) is 38.6 Å². The minimum absolute atomic E-state index is 0.167. The maximum Gasteiger partial charge on any atom is 0.254 e. The van der Waals surface area contributed by atoms with E-state index < -0.39 is 10.0 Å². The van der Waals surface area contributed by atoms with Crippen LogP contribution in [0.4, 0.5) is 10.1 Å². The lowest BCUT2D eigenvalue weighted by Crippen LogP contribution is -2.34. The van der Waals surface area contributed by atoms with Gasteiger partial charge in [0.05, 0.1) is 18.0 Å². The zero-order valence-corrected chi connectivity index (χ0v) is 16.6. The molecule has 0 aliphatic carbocycles. The average molecular weight is 390 g/mol. The summed E-state index contributed by atoms with van der Waals surface area (Å²) >= 11 is 0. The lowest BCUT2D eigenvalue weighted by atomic mass is 10.0. The van der Waals surface area contributed by atoms with Gasteiger partial charge in [0, 0.05) is 18.7 Å². The second-order valence-corrected chi connectivity index (χ2v) is 8.96. The number of nitrogens with zero attached hydrogens (tertiary/aromatic N) is 2. The van der Waals surface area contributed by atoms with Crippen LogP contribution < -0.4 is 4.31 Å². The summed E-state index contributed by atoms with van der Waals surface area (Å²) in [6, 6.07) is 10.8. The minimum atomic E-state index is -3.36. The van der Waals surface area contributed by atoms with Crippen molar-refractivity contribution in [1.82, 2.24) is 4.90 Å². The number of halogens is 1. The number of sulfonamides is 1. The van der Waals surface area contributed by atoms with E-state index in [1.807, 2.05) is 13.8 Å². The number of amides is 1. The first-order valence-electron chi connectivity index (χ1n) is 8.74. The highest BCUT2D eigenvalue weighted by Gasteiger charge is 2.33. The second-order valence-electron chi connectivity index (χ2n) is 7.10. The number of rotatable bonds is 4. The molecule has 0 saturated carbocycles. The highest BCUT2D eigenvalue weighted by molar-refractivity contribution is 7.92. The monoisotopic (exact) mass is 390 g/mol. The molecule has 2 aromatic rings. The third kappa shape index (κ3) is 3.69. The van der Waals surface area contributed by atoms with Crippen LogP contribution in [0.15, 0.2) is 42.5 Å². The lowest BCUT2D eigenvalue weighted by Gasteiger charge is -2.26. The first kappa shape index (κ1) is 19.4. The summed E-state index contributed by atoms with van der Waals surface area (Å²) in [5.74, 6) is -0.483. The standard InChI is InChI=1S/C20H23FN2O3S/c1-13-11-17-12-16(7-10-19(17)23(13)27(4,25)26)20(24)22(3)14(2)15-5-8-18(21)9-6-15/h5-10,12-14H,11H2,1-4H3. The highest BCUT2D eigenvalue weighted by atomic mass is 32.2. The summed E-state index contributed by atoms with van der Waals surface area (Å²) < 4.78 is 38.6. The van der Waals surface area contributed by atoms with Gasteiger partial charge in [0.2, 0.25) is 10.0 Å². The first-order valence-corrected chi connectivity index (χ1v) is 10.6. The van der Waals surface area contributed by atoms with Crippen LogP contribution in [0.5, 0.6) is 0 Å². The van der Waals surface area contributed by atoms with Crippen molar-refractivity contribution in [1.29, 1.82) is 0 Å². The molecule has 1 aliphatic rings. The molecular formula is C20H23FN2O3S. The summed E-state index contributed by atoms with van der Waals surface area (Å²) in [5, 5.41) is 0. The average Bonchev–Trinajstić information content (AvgIpc) is 2.95. The fourth-order valence-electron chi connectivity index (χ4n) is 3.59. The summed E-state index contributed by atoms with van der Waals surface area (Å²) in [6.45, 7) is 3.73. The molecule has 1 amide bonds. The molecule has 2 aromatic carbocycles. The third-order valence-electron chi connectivity index (χ3n) is 5.09. The van der Waals surface area contributed by atoms with Crippen molar-refractivity contribution in [3.05, 3.63) is 65.0 Å². The first-order chi connectivity index (χ1) is 12.6. The fraction of sp³-hybridized carbons (Fsp3) is 0.350. The molecule has 0 radical (unpaired) electrons. The Hall–Kier alpha value is -2.41. The van der Waals surface area contributed by atoms with Crippen LogP contribution >= 0.6 is 0 Å². The molecule has 0 spiro atoms. The Kier molecular flexibility index (Phi) is 4.99. The van der Waals surface area contributed by atoms with Crippen molar-refractivity contribution in [2.45, 2.75) is 32.4 Å². The van der Waals surface area contributed by atoms with Gasteiger partial charge < -0.3 is 4.90 Å². The Labute approximate surface area is 159 Å². The molecule has 2 atom stereocenters. The number of hydrogen-bond donors (Lipinski definition) is 0. The van der Waals surface area contributed by atoms with Crippen LogP contribution in [0.25, 0.3) is 0 Å². The van der Waals surface area contributed by atoms with Crippen molar-refractivity contribution in [3.8, 4) is 0 Å². The van der Waals surface area contributed by atoms with Crippen molar-refractivity contribution in [2.75, 3.05) is 17.6 Å². The lowest BCUT2D eigenvalue weighted by molar-refractivity contribution is 0.0742. The molecule has 27 heavy (non-hydrogen) atoms. The highest BCUT2D eigenvalue weighted by Crippen LogP contribution is 2.35. The van der Waals surface area contributed by atoms with Crippen LogP contribution in [0, 0.1) is 5.82 Å². The second kappa shape index (κ2) is 6.96. The molecular weight excluding hydrogens is 367 g/mol. The largest absolute Gasteiger partial charge is 0.335 e. The van der Waals surface area contributed by atoms with Gasteiger partial charge in [-0.25, -0.2) is 12.8 Å². The summed E-state index contributed by atoms with van der Waals surface area (Å²) in [7, 11) is -1.66. The number of carbonyl (C=O) groups is 1. The van der Waals surface area contributed by atoms with Gasteiger partial charge in [-0.1, -0.05) is 12.1 Å². The molecule has 1 heterocycles. The van der Waals surface area contributed by atoms with E-state index in [1.54, 1.807) is 42.3 Å². The van der Waals surface area contributed by atoms with Crippen molar-refractivity contribution >= 4 is 21.6 Å². The fourth-order valence-corrected chi connectivity index (χ4v) is 4.85. The molecule has 1 aliphatic heterocycles. The van der Waals surface area contributed by atoms with E-state index in [0.29, 0.717) is 17.7 Å². The van der Waals surface area contributed by atoms with Gasteiger partial charge >= 0.3 is 0 Å². The van der Waals surface area contributed by atoms with Gasteiger partial charge in [-0.2, -0.15) is 0 Å². The normalized spacial score (nSPS) is 17.5. The minimum Gasteiger partial charge on any atom is -0.335 e. The van der Waals surface area contributed by atoms with Gasteiger partial charge in [-0.15, -0.1) is 0 Å². The number of benzene rings is 2. The SMILES string of the molecule is CC(c1ccc(F)cc1)N(C)C(=O)c1ccc2c(c1)CC(C)N2S(C)(=O)=O. The molecule has 7 heteroatoms. The van der Waals surface area contributed by atoms with E-state index >= 15 is 0 Å². The Morgan fingerprint density at radius 1 is 1.22 bits per heavy atom. The van der Waals surface area contributed by atoms with Crippen LogP contribution in [0.3, 0.4) is 0 Å². The Balaban J connectivity index is 1.86. The van der Waals surface area contributed by atoms with Gasteiger partial charge in [-0.05, 0) is 61.7 Å².